The molecule has 8 aromatic rings. The van der Waals surface area contributed by atoms with Crippen LogP contribution in [0.15, 0.2) is 118 Å². The van der Waals surface area contributed by atoms with E-state index in [1.807, 2.05) is 62.4 Å². The number of fused-ring (bicyclic) bond motifs is 2. The molecule has 0 unspecified atom stereocenters. The van der Waals surface area contributed by atoms with E-state index in [9.17, 15) is 0 Å². The number of aryl methyl sites for hydroxylation is 4. The molecule has 0 saturated heterocycles. The Hall–Kier alpha value is -4.06. The molecule has 8 heteroatoms. The Morgan fingerprint density at radius 1 is 0.518 bits per heavy atom. The predicted molar refractivity (Wildman–Crippen MR) is 240 cm³/mol. The van der Waals surface area contributed by atoms with Crippen LogP contribution < -0.4 is 9.47 Å². The first-order valence-electron chi connectivity index (χ1n) is 17.2. The third kappa shape index (κ3) is 9.55. The Morgan fingerprint density at radius 2 is 0.875 bits per heavy atom. The third-order valence-corrected chi connectivity index (χ3v) is 9.86. The molecule has 0 aliphatic heterocycles. The number of benzene rings is 4. The topological polar surface area (TPSA) is 44.7 Å². The summed E-state index contributed by atoms with van der Waals surface area (Å²) in [4.78, 5) is 0. The van der Waals surface area contributed by atoms with Gasteiger partial charge in [0, 0.05) is 11.1 Å². The monoisotopic (exact) mass is 878 g/mol. The standard InChI is InChI=1S/2C23H21O2.2CH3.2ClH.Si.Zr/c2*1-14-11-17-12-18(21-10-9-15(2)25-21)13-20(17)23(16(14)3)19-7-5-6-8-22(19)24-4;;;;;;/h2*5-13H,1-4H3;2*1H3;2*1H;;/q4*-1;;;;. The first-order valence-corrected chi connectivity index (χ1v) is 21.4. The van der Waals surface area contributed by atoms with Crippen molar-refractivity contribution >= 4 is 53.2 Å². The van der Waals surface area contributed by atoms with Crippen molar-refractivity contribution in [3.05, 3.63) is 158 Å². The second-order valence-corrected chi connectivity index (χ2v) is 13.1. The zero-order chi connectivity index (χ0) is 37.1. The number of ether oxygens (including phenoxy) is 2. The normalized spacial score (nSPS) is 10.1. The minimum atomic E-state index is 0. The number of halogens is 2. The van der Waals surface area contributed by atoms with Crippen LogP contribution in [-0.4, -0.2) is 21.1 Å². The molecular weight excluding hydrogens is 831 g/mol. The molecule has 2 heterocycles. The number of methoxy groups -OCH3 is 2. The summed E-state index contributed by atoms with van der Waals surface area (Å²) >= 11 is 1.36. The van der Waals surface area contributed by atoms with E-state index in [-0.39, 0.29) is 39.7 Å². The molecule has 8 rings (SSSR count). The first kappa shape index (κ1) is 48.1. The van der Waals surface area contributed by atoms with Crippen LogP contribution in [0.1, 0.15) is 33.8 Å². The van der Waals surface area contributed by atoms with Gasteiger partial charge in [-0.15, -0.1) is 82.8 Å². The van der Waals surface area contributed by atoms with E-state index in [0.717, 1.165) is 56.8 Å². The summed E-state index contributed by atoms with van der Waals surface area (Å²) in [5, 5.41) is 4.93. The Balaban J connectivity index is 0.000000347. The van der Waals surface area contributed by atoms with Gasteiger partial charge in [-0.3, -0.25) is 0 Å². The molecule has 292 valence electrons. The van der Waals surface area contributed by atoms with Gasteiger partial charge < -0.3 is 33.2 Å². The molecule has 0 fully saturated rings. The van der Waals surface area contributed by atoms with E-state index in [2.05, 4.69) is 95.2 Å². The molecule has 0 spiro atoms. The molecule has 0 amide bonds. The number of furan rings is 2. The van der Waals surface area contributed by atoms with Crippen LogP contribution in [-0.2, 0) is 23.3 Å². The SMILES string of the molecule is COc1ccccc1-c1c(C)c(C)cc2[cH-]c(-c3ccc(C)o3)cc12.COc1ccccc1-c1c(C)c(C)cc2[cH-]c(-c3ccc(C)o3)cc12.Cl.Cl.[CH3-].[CH3-].[Si]=[Zr]. The van der Waals surface area contributed by atoms with Gasteiger partial charge in [0.2, 0.25) is 0 Å². The average Bonchev–Trinajstić information content (AvgIpc) is 3.98. The van der Waals surface area contributed by atoms with E-state index in [1.165, 1.54) is 78.3 Å². The van der Waals surface area contributed by atoms with E-state index < -0.39 is 0 Å². The van der Waals surface area contributed by atoms with Gasteiger partial charge in [-0.25, -0.2) is 0 Å². The maximum absolute atomic E-state index is 5.83. The second-order valence-electron chi connectivity index (χ2n) is 13.1. The van der Waals surface area contributed by atoms with Crippen molar-refractivity contribution in [3.63, 3.8) is 0 Å². The Bertz CT molecular complexity index is 2340. The Morgan fingerprint density at radius 3 is 1.20 bits per heavy atom. The van der Waals surface area contributed by atoms with Crippen LogP contribution >= 0.6 is 24.8 Å². The van der Waals surface area contributed by atoms with E-state index in [1.54, 1.807) is 14.2 Å². The zero-order valence-electron chi connectivity index (χ0n) is 33.8. The van der Waals surface area contributed by atoms with Crippen molar-refractivity contribution in [2.75, 3.05) is 14.2 Å². The molecule has 4 nitrogen and oxygen atoms in total. The van der Waals surface area contributed by atoms with Gasteiger partial charge in [-0.05, 0) is 89.1 Å². The van der Waals surface area contributed by atoms with Crippen molar-refractivity contribution in [1.29, 1.82) is 0 Å². The number of hydrogen-bond donors (Lipinski definition) is 0. The molecule has 2 aromatic heterocycles. The maximum atomic E-state index is 5.83. The first-order chi connectivity index (χ1) is 25.2. The summed E-state index contributed by atoms with van der Waals surface area (Å²) < 4.78 is 22.9. The number of para-hydroxylation sites is 2. The summed E-state index contributed by atoms with van der Waals surface area (Å²) in [7, 11) is 3.45. The Labute approximate surface area is 362 Å². The van der Waals surface area contributed by atoms with Crippen molar-refractivity contribution in [3.8, 4) is 56.4 Å². The van der Waals surface area contributed by atoms with E-state index >= 15 is 0 Å². The fourth-order valence-electron chi connectivity index (χ4n) is 7.07. The van der Waals surface area contributed by atoms with E-state index in [0.29, 0.717) is 0 Å². The third-order valence-electron chi connectivity index (χ3n) is 9.86. The molecule has 0 atom stereocenters. The molecule has 6 aromatic carbocycles. The average molecular weight is 881 g/mol. The molecule has 0 aliphatic carbocycles. The minimum absolute atomic E-state index is 0. The van der Waals surface area contributed by atoms with Gasteiger partial charge in [0.1, 0.15) is 11.5 Å². The van der Waals surface area contributed by atoms with Gasteiger partial charge in [0.05, 0.1) is 37.3 Å². The summed E-state index contributed by atoms with van der Waals surface area (Å²) in [6.45, 7) is 15.7. The number of rotatable bonds is 6. The van der Waals surface area contributed by atoms with E-state index in [4.69, 9.17) is 18.3 Å². The summed E-state index contributed by atoms with van der Waals surface area (Å²) in [6.07, 6.45) is 0. The molecule has 0 aliphatic rings. The molecular formula is C48H50Cl2O4SiZr-4. The van der Waals surface area contributed by atoms with Gasteiger partial charge in [-0.2, -0.15) is 0 Å². The van der Waals surface area contributed by atoms with Crippen LogP contribution in [0.2, 0.25) is 0 Å². The van der Waals surface area contributed by atoms with Crippen molar-refractivity contribution < 1.29 is 41.6 Å². The zero-order valence-corrected chi connectivity index (χ0v) is 38.9. The van der Waals surface area contributed by atoms with Crippen molar-refractivity contribution in [2.24, 2.45) is 0 Å². The molecule has 2 radical (unpaired) electrons. The number of hydrogen-bond acceptors (Lipinski definition) is 4. The molecule has 0 bridgehead atoms. The quantitative estimate of drug-likeness (QED) is 0.123. The van der Waals surface area contributed by atoms with Gasteiger partial charge in [0.25, 0.3) is 0 Å². The molecule has 56 heavy (non-hydrogen) atoms. The van der Waals surface area contributed by atoms with Crippen LogP contribution in [0.5, 0.6) is 11.5 Å². The van der Waals surface area contributed by atoms with Gasteiger partial charge in [0.15, 0.2) is 0 Å². The summed E-state index contributed by atoms with van der Waals surface area (Å²) in [5.41, 5.74) is 12.1. The second kappa shape index (κ2) is 20.9. The summed E-state index contributed by atoms with van der Waals surface area (Å²) in [5.74, 6) is 5.48. The van der Waals surface area contributed by atoms with Crippen LogP contribution in [0.4, 0.5) is 0 Å². The summed E-state index contributed by atoms with van der Waals surface area (Å²) in [6, 6.07) is 37.9. The van der Waals surface area contributed by atoms with Crippen LogP contribution in [0.3, 0.4) is 0 Å². The Kier molecular flexibility index (Phi) is 18.0. The van der Waals surface area contributed by atoms with Crippen molar-refractivity contribution in [2.45, 2.75) is 41.5 Å². The van der Waals surface area contributed by atoms with Crippen LogP contribution in [0, 0.1) is 56.4 Å². The van der Waals surface area contributed by atoms with Gasteiger partial charge in [-0.1, -0.05) is 69.8 Å². The van der Waals surface area contributed by atoms with Gasteiger partial charge >= 0.3 is 30.2 Å². The fraction of sp³-hybridized carbons (Fsp3) is 0.167. The molecule has 0 saturated carbocycles. The predicted octanol–water partition coefficient (Wildman–Crippen LogP) is 14.2. The van der Waals surface area contributed by atoms with Crippen molar-refractivity contribution in [1.82, 2.24) is 0 Å². The molecule has 0 N–H and O–H groups in total. The fourth-order valence-corrected chi connectivity index (χ4v) is 7.07. The van der Waals surface area contributed by atoms with Crippen LogP contribution in [0.25, 0.3) is 66.4 Å².